The van der Waals surface area contributed by atoms with E-state index in [1.807, 2.05) is 0 Å². The SMILES string of the molecule is CCC(N)OC(=O)ON. The van der Waals surface area contributed by atoms with Crippen LogP contribution in [0.2, 0.25) is 0 Å². The van der Waals surface area contributed by atoms with Crippen LogP contribution in [0.5, 0.6) is 0 Å². The Balaban J connectivity index is 3.34. The van der Waals surface area contributed by atoms with Gasteiger partial charge in [-0.25, -0.2) is 4.79 Å². The fourth-order valence-electron chi connectivity index (χ4n) is 0.235. The van der Waals surface area contributed by atoms with Crippen LogP contribution in [-0.2, 0) is 9.57 Å². The van der Waals surface area contributed by atoms with Gasteiger partial charge in [-0.2, -0.15) is 5.90 Å². The molecule has 0 aliphatic rings. The van der Waals surface area contributed by atoms with Gasteiger partial charge in [0.15, 0.2) is 6.23 Å². The van der Waals surface area contributed by atoms with Crippen molar-refractivity contribution in [1.82, 2.24) is 0 Å². The Morgan fingerprint density at radius 1 is 1.78 bits per heavy atom. The Hall–Kier alpha value is -0.810. The van der Waals surface area contributed by atoms with E-state index in [2.05, 4.69) is 15.5 Å². The van der Waals surface area contributed by atoms with Gasteiger partial charge in [0.05, 0.1) is 0 Å². The van der Waals surface area contributed by atoms with Crippen LogP contribution in [0.1, 0.15) is 13.3 Å². The molecule has 0 bridgehead atoms. The molecule has 0 aromatic rings. The smallest absolute Gasteiger partial charge is 0.414 e. The molecule has 9 heavy (non-hydrogen) atoms. The monoisotopic (exact) mass is 134 g/mol. The van der Waals surface area contributed by atoms with Gasteiger partial charge in [0.2, 0.25) is 0 Å². The molecule has 0 spiro atoms. The summed E-state index contributed by atoms with van der Waals surface area (Å²) in [6, 6.07) is 0. The maximum atomic E-state index is 10.1. The Bertz CT molecular complexity index is 95.8. The molecule has 0 aromatic carbocycles. The summed E-state index contributed by atoms with van der Waals surface area (Å²) in [7, 11) is 0. The molecule has 1 atom stereocenters. The molecular weight excluding hydrogens is 124 g/mol. The molecule has 1 unspecified atom stereocenters. The maximum absolute atomic E-state index is 10.1. The Kier molecular flexibility index (Phi) is 3.74. The number of carbonyl (C=O) groups excluding carboxylic acids is 1. The third kappa shape index (κ3) is 3.75. The van der Waals surface area contributed by atoms with E-state index in [-0.39, 0.29) is 0 Å². The maximum Gasteiger partial charge on any atom is 0.529 e. The second-order valence-electron chi connectivity index (χ2n) is 1.43. The molecule has 5 nitrogen and oxygen atoms in total. The van der Waals surface area contributed by atoms with Crippen LogP contribution < -0.4 is 11.6 Å². The quantitative estimate of drug-likeness (QED) is 0.308. The molecule has 0 aromatic heterocycles. The van der Waals surface area contributed by atoms with Crippen molar-refractivity contribution in [2.75, 3.05) is 0 Å². The third-order valence-corrected chi connectivity index (χ3v) is 0.746. The van der Waals surface area contributed by atoms with Crippen molar-refractivity contribution in [3.8, 4) is 0 Å². The van der Waals surface area contributed by atoms with Gasteiger partial charge >= 0.3 is 6.16 Å². The molecular formula is C4H10N2O3. The van der Waals surface area contributed by atoms with Crippen LogP contribution in [-0.4, -0.2) is 12.4 Å². The molecule has 5 heteroatoms. The summed E-state index contributed by atoms with van der Waals surface area (Å²) in [5.41, 5.74) is 5.17. The number of hydrogen-bond acceptors (Lipinski definition) is 5. The molecule has 0 aliphatic carbocycles. The average Bonchev–Trinajstić information content (AvgIpc) is 1.87. The van der Waals surface area contributed by atoms with Crippen molar-refractivity contribution in [2.24, 2.45) is 11.6 Å². The van der Waals surface area contributed by atoms with Crippen molar-refractivity contribution in [1.29, 1.82) is 0 Å². The molecule has 0 amide bonds. The van der Waals surface area contributed by atoms with Crippen molar-refractivity contribution in [2.45, 2.75) is 19.6 Å². The highest BCUT2D eigenvalue weighted by Gasteiger charge is 2.06. The highest BCUT2D eigenvalue weighted by Crippen LogP contribution is 1.89. The second kappa shape index (κ2) is 4.11. The second-order valence-corrected chi connectivity index (χ2v) is 1.43. The number of nitrogens with two attached hydrogens (primary N) is 2. The van der Waals surface area contributed by atoms with E-state index >= 15 is 0 Å². The zero-order chi connectivity index (χ0) is 7.28. The molecule has 4 N–H and O–H groups in total. The van der Waals surface area contributed by atoms with Crippen LogP contribution >= 0.6 is 0 Å². The summed E-state index contributed by atoms with van der Waals surface area (Å²) in [4.78, 5) is 13.8. The summed E-state index contributed by atoms with van der Waals surface area (Å²) >= 11 is 0. The van der Waals surface area contributed by atoms with Gasteiger partial charge in [0.1, 0.15) is 0 Å². The molecule has 0 heterocycles. The first-order valence-corrected chi connectivity index (χ1v) is 2.53. The van der Waals surface area contributed by atoms with E-state index < -0.39 is 12.4 Å². The van der Waals surface area contributed by atoms with Crippen LogP contribution in [0.4, 0.5) is 4.79 Å². The van der Waals surface area contributed by atoms with Crippen LogP contribution in [0.25, 0.3) is 0 Å². The number of ether oxygens (including phenoxy) is 1. The first-order valence-electron chi connectivity index (χ1n) is 2.53. The van der Waals surface area contributed by atoms with E-state index in [1.165, 1.54) is 0 Å². The molecule has 0 saturated carbocycles. The van der Waals surface area contributed by atoms with Gasteiger partial charge in [0, 0.05) is 0 Å². The van der Waals surface area contributed by atoms with Crippen molar-refractivity contribution >= 4 is 6.16 Å². The summed E-state index contributed by atoms with van der Waals surface area (Å²) in [6.07, 6.45) is -1.04. The highest BCUT2D eigenvalue weighted by molar-refractivity contribution is 5.59. The average molecular weight is 134 g/mol. The lowest BCUT2D eigenvalue weighted by molar-refractivity contribution is 0.0239. The van der Waals surface area contributed by atoms with Gasteiger partial charge < -0.3 is 9.57 Å². The van der Waals surface area contributed by atoms with Gasteiger partial charge in [-0.05, 0) is 6.42 Å². The van der Waals surface area contributed by atoms with Gasteiger partial charge in [-0.3, -0.25) is 5.73 Å². The van der Waals surface area contributed by atoms with Crippen molar-refractivity contribution in [3.63, 3.8) is 0 Å². The first kappa shape index (κ1) is 8.19. The Labute approximate surface area is 52.9 Å². The van der Waals surface area contributed by atoms with Crippen LogP contribution in [0, 0.1) is 0 Å². The number of rotatable bonds is 2. The Morgan fingerprint density at radius 3 is 2.67 bits per heavy atom. The zero-order valence-corrected chi connectivity index (χ0v) is 5.16. The zero-order valence-electron chi connectivity index (χ0n) is 5.16. The van der Waals surface area contributed by atoms with Crippen molar-refractivity contribution < 1.29 is 14.4 Å². The predicted molar refractivity (Wildman–Crippen MR) is 30.0 cm³/mol. The fourth-order valence-corrected chi connectivity index (χ4v) is 0.235. The molecule has 0 rings (SSSR count). The lowest BCUT2D eigenvalue weighted by Gasteiger charge is -2.07. The number of hydrogen-bond donors (Lipinski definition) is 2. The number of carbonyl (C=O) groups is 1. The first-order chi connectivity index (χ1) is 4.20. The minimum atomic E-state index is -0.954. The molecule has 0 saturated heterocycles. The normalized spacial score (nSPS) is 12.3. The standard InChI is InChI=1S/C4H10N2O3/c1-2-3(5)8-4(7)9-6/h3H,2,5-6H2,1H3. The summed E-state index contributed by atoms with van der Waals surface area (Å²) in [5, 5.41) is 0. The van der Waals surface area contributed by atoms with E-state index in [1.54, 1.807) is 6.92 Å². The lowest BCUT2D eigenvalue weighted by Crippen LogP contribution is -2.27. The predicted octanol–water partition coefficient (Wildman–Crippen LogP) is -0.292. The van der Waals surface area contributed by atoms with Gasteiger partial charge in [-0.1, -0.05) is 6.92 Å². The minimum absolute atomic E-state index is 0.537. The molecule has 54 valence electrons. The summed E-state index contributed by atoms with van der Waals surface area (Å²) in [5.74, 6) is 4.44. The van der Waals surface area contributed by atoms with Gasteiger partial charge in [0.25, 0.3) is 0 Å². The summed E-state index contributed by atoms with van der Waals surface area (Å²) in [6.45, 7) is 1.77. The summed E-state index contributed by atoms with van der Waals surface area (Å²) < 4.78 is 4.34. The molecule has 0 aliphatic heterocycles. The van der Waals surface area contributed by atoms with Gasteiger partial charge in [-0.15, -0.1) is 0 Å². The fraction of sp³-hybridized carbons (Fsp3) is 0.750. The largest absolute Gasteiger partial charge is 0.529 e. The lowest BCUT2D eigenvalue weighted by atomic mass is 10.4. The molecule has 0 fully saturated rings. The highest BCUT2D eigenvalue weighted by atomic mass is 16.8. The van der Waals surface area contributed by atoms with E-state index in [0.29, 0.717) is 6.42 Å². The third-order valence-electron chi connectivity index (χ3n) is 0.746. The molecule has 0 radical (unpaired) electrons. The van der Waals surface area contributed by atoms with E-state index in [9.17, 15) is 4.79 Å². The van der Waals surface area contributed by atoms with Crippen molar-refractivity contribution in [3.05, 3.63) is 0 Å². The van der Waals surface area contributed by atoms with Crippen LogP contribution in [0.15, 0.2) is 0 Å². The minimum Gasteiger partial charge on any atom is -0.414 e. The van der Waals surface area contributed by atoms with E-state index in [4.69, 9.17) is 5.73 Å². The Morgan fingerprint density at radius 2 is 2.33 bits per heavy atom. The van der Waals surface area contributed by atoms with E-state index in [0.717, 1.165) is 0 Å². The topological polar surface area (TPSA) is 87.6 Å². The van der Waals surface area contributed by atoms with Crippen LogP contribution in [0.3, 0.4) is 0 Å².